The Morgan fingerprint density at radius 3 is 2.79 bits per heavy atom. The molecule has 24 heavy (non-hydrogen) atoms. The molecule has 1 unspecified atom stereocenters. The molecule has 0 saturated heterocycles. The number of hydrogen-bond acceptors (Lipinski definition) is 3. The molecule has 2 aromatic rings. The summed E-state index contributed by atoms with van der Waals surface area (Å²) in [4.78, 5) is 21.5. The summed E-state index contributed by atoms with van der Waals surface area (Å²) in [5.41, 5.74) is 3.21. The number of halogens is 1. The third-order valence-corrected chi connectivity index (χ3v) is 5.19. The summed E-state index contributed by atoms with van der Waals surface area (Å²) >= 11 is 3.53. The maximum atomic E-state index is 11.1. The lowest BCUT2D eigenvalue weighted by atomic mass is 9.92. The lowest BCUT2D eigenvalue weighted by Crippen LogP contribution is -2.36. The van der Waals surface area contributed by atoms with Crippen LogP contribution in [0.15, 0.2) is 23.1 Å². The highest BCUT2D eigenvalue weighted by atomic mass is 79.9. The molecule has 6 nitrogen and oxygen atoms in total. The number of carbonyl (C=O) groups is 1. The Balaban J connectivity index is 2.00. The highest BCUT2D eigenvalue weighted by molar-refractivity contribution is 9.10. The van der Waals surface area contributed by atoms with E-state index in [-0.39, 0.29) is 6.04 Å². The van der Waals surface area contributed by atoms with Gasteiger partial charge < -0.3 is 10.0 Å². The quantitative estimate of drug-likeness (QED) is 0.850. The van der Waals surface area contributed by atoms with E-state index in [2.05, 4.69) is 50.2 Å². The van der Waals surface area contributed by atoms with Crippen LogP contribution in [0.25, 0.3) is 11.1 Å². The standard InChI is InChI=1S/C17H21BrN4O2/c1-10(2)16-20-15(18)14-9-19-8-13(22(14)16)11-4-6-12(7-5-11)21(3)17(23)24/h4,8-10,12H,5-7H2,1-3H3,(H,23,24). The predicted molar refractivity (Wildman–Crippen MR) is 96.2 cm³/mol. The molecule has 0 radical (unpaired) electrons. The van der Waals surface area contributed by atoms with Crippen LogP contribution in [0, 0.1) is 0 Å². The Kier molecular flexibility index (Phi) is 4.62. The second kappa shape index (κ2) is 6.55. The first-order valence-corrected chi connectivity index (χ1v) is 8.86. The summed E-state index contributed by atoms with van der Waals surface area (Å²) < 4.78 is 2.97. The molecule has 2 heterocycles. The van der Waals surface area contributed by atoms with Gasteiger partial charge in [0.2, 0.25) is 0 Å². The topological polar surface area (TPSA) is 70.7 Å². The molecule has 0 aromatic carbocycles. The summed E-state index contributed by atoms with van der Waals surface area (Å²) in [5, 5.41) is 9.14. The predicted octanol–water partition coefficient (Wildman–Crippen LogP) is 4.16. The molecule has 2 aromatic heterocycles. The molecule has 0 aliphatic heterocycles. The second-order valence-electron chi connectivity index (χ2n) is 6.48. The number of carboxylic acid groups (broad SMARTS) is 1. The first kappa shape index (κ1) is 17.0. The summed E-state index contributed by atoms with van der Waals surface area (Å²) in [7, 11) is 1.64. The number of fused-ring (bicyclic) bond motifs is 1. The molecule has 3 rings (SSSR count). The molecule has 1 amide bonds. The maximum absolute atomic E-state index is 11.1. The number of hydrogen-bond donors (Lipinski definition) is 1. The second-order valence-corrected chi connectivity index (χ2v) is 7.23. The third kappa shape index (κ3) is 2.92. The van der Waals surface area contributed by atoms with Crippen molar-refractivity contribution in [1.29, 1.82) is 0 Å². The van der Waals surface area contributed by atoms with Gasteiger partial charge in [-0.05, 0) is 40.8 Å². The van der Waals surface area contributed by atoms with E-state index in [4.69, 9.17) is 5.11 Å². The van der Waals surface area contributed by atoms with Gasteiger partial charge in [0.05, 0.1) is 23.6 Å². The van der Waals surface area contributed by atoms with Crippen molar-refractivity contribution < 1.29 is 9.90 Å². The van der Waals surface area contributed by atoms with Crippen molar-refractivity contribution >= 4 is 33.1 Å². The average molecular weight is 393 g/mol. The van der Waals surface area contributed by atoms with E-state index in [9.17, 15) is 4.79 Å². The van der Waals surface area contributed by atoms with Crippen LogP contribution in [0.2, 0.25) is 0 Å². The van der Waals surface area contributed by atoms with Gasteiger partial charge in [-0.1, -0.05) is 19.9 Å². The summed E-state index contributed by atoms with van der Waals surface area (Å²) in [6.07, 6.45) is 7.33. The van der Waals surface area contributed by atoms with Crippen LogP contribution in [0.3, 0.4) is 0 Å². The van der Waals surface area contributed by atoms with E-state index < -0.39 is 6.09 Å². The molecule has 1 aliphatic carbocycles. The van der Waals surface area contributed by atoms with Crippen molar-refractivity contribution in [2.75, 3.05) is 7.05 Å². The van der Waals surface area contributed by atoms with Gasteiger partial charge in [0.1, 0.15) is 10.4 Å². The van der Waals surface area contributed by atoms with E-state index in [0.29, 0.717) is 5.92 Å². The minimum atomic E-state index is -0.874. The molecule has 0 fully saturated rings. The van der Waals surface area contributed by atoms with Crippen molar-refractivity contribution in [1.82, 2.24) is 19.3 Å². The summed E-state index contributed by atoms with van der Waals surface area (Å²) in [6.45, 7) is 4.25. The van der Waals surface area contributed by atoms with Crippen molar-refractivity contribution in [2.45, 2.75) is 45.1 Å². The van der Waals surface area contributed by atoms with E-state index in [1.54, 1.807) is 7.05 Å². The average Bonchev–Trinajstić information content (AvgIpc) is 2.92. The molecule has 1 atom stereocenters. The molecule has 1 N–H and O–H groups in total. The van der Waals surface area contributed by atoms with Gasteiger partial charge in [-0.25, -0.2) is 9.78 Å². The number of aromatic nitrogens is 3. The third-order valence-electron chi connectivity index (χ3n) is 4.61. The number of nitrogens with zero attached hydrogens (tertiary/aromatic N) is 4. The van der Waals surface area contributed by atoms with Crippen LogP contribution in [-0.2, 0) is 0 Å². The minimum Gasteiger partial charge on any atom is -0.465 e. The highest BCUT2D eigenvalue weighted by Gasteiger charge is 2.24. The van der Waals surface area contributed by atoms with E-state index in [1.807, 2.05) is 12.4 Å². The lowest BCUT2D eigenvalue weighted by molar-refractivity contribution is 0.135. The molecular weight excluding hydrogens is 372 g/mol. The smallest absolute Gasteiger partial charge is 0.407 e. The lowest BCUT2D eigenvalue weighted by Gasteiger charge is -2.29. The van der Waals surface area contributed by atoms with Crippen LogP contribution >= 0.6 is 15.9 Å². The monoisotopic (exact) mass is 392 g/mol. The van der Waals surface area contributed by atoms with Gasteiger partial charge in [0, 0.05) is 19.0 Å². The van der Waals surface area contributed by atoms with Crippen molar-refractivity contribution in [2.24, 2.45) is 0 Å². The molecule has 0 saturated carbocycles. The van der Waals surface area contributed by atoms with Crippen LogP contribution < -0.4 is 0 Å². The Hall–Kier alpha value is -1.89. The Labute approximate surface area is 149 Å². The number of amides is 1. The summed E-state index contributed by atoms with van der Waals surface area (Å²) in [5.74, 6) is 1.29. The zero-order valence-corrected chi connectivity index (χ0v) is 15.6. The van der Waals surface area contributed by atoms with Crippen LogP contribution in [-0.4, -0.2) is 43.6 Å². The van der Waals surface area contributed by atoms with Gasteiger partial charge in [0.15, 0.2) is 0 Å². The van der Waals surface area contributed by atoms with Gasteiger partial charge in [0.25, 0.3) is 0 Å². The molecular formula is C17H21BrN4O2. The molecule has 0 spiro atoms. The normalized spacial score (nSPS) is 18.0. The number of rotatable bonds is 3. The van der Waals surface area contributed by atoms with Gasteiger partial charge in [-0.2, -0.15) is 0 Å². The minimum absolute atomic E-state index is 0.0394. The van der Waals surface area contributed by atoms with Crippen molar-refractivity contribution in [3.05, 3.63) is 34.6 Å². The zero-order chi connectivity index (χ0) is 17.4. The SMILES string of the molecule is CC(C)c1nc(Br)c2cncc(C3=CCC(N(C)C(=O)O)CC3)n12. The molecule has 128 valence electrons. The first-order chi connectivity index (χ1) is 11.4. The van der Waals surface area contributed by atoms with E-state index in [0.717, 1.165) is 40.9 Å². The van der Waals surface area contributed by atoms with Gasteiger partial charge in [-0.15, -0.1) is 0 Å². The van der Waals surface area contributed by atoms with Crippen LogP contribution in [0.5, 0.6) is 0 Å². The van der Waals surface area contributed by atoms with E-state index >= 15 is 0 Å². The fourth-order valence-corrected chi connectivity index (χ4v) is 3.66. The van der Waals surface area contributed by atoms with Crippen molar-refractivity contribution in [3.63, 3.8) is 0 Å². The zero-order valence-electron chi connectivity index (χ0n) is 14.0. The Morgan fingerprint density at radius 2 is 2.21 bits per heavy atom. The van der Waals surface area contributed by atoms with Crippen LogP contribution in [0.4, 0.5) is 4.79 Å². The largest absolute Gasteiger partial charge is 0.465 e. The molecule has 7 heteroatoms. The molecule has 0 bridgehead atoms. The number of imidazole rings is 1. The fraction of sp³-hybridized carbons (Fsp3) is 0.471. The van der Waals surface area contributed by atoms with Crippen LogP contribution in [0.1, 0.15) is 50.5 Å². The highest BCUT2D eigenvalue weighted by Crippen LogP contribution is 2.32. The maximum Gasteiger partial charge on any atom is 0.407 e. The molecule has 1 aliphatic rings. The number of allylic oxidation sites excluding steroid dienone is 1. The van der Waals surface area contributed by atoms with Gasteiger partial charge >= 0.3 is 6.09 Å². The first-order valence-electron chi connectivity index (χ1n) is 8.07. The Morgan fingerprint density at radius 1 is 1.46 bits per heavy atom. The van der Waals surface area contributed by atoms with E-state index in [1.165, 1.54) is 10.5 Å². The van der Waals surface area contributed by atoms with Gasteiger partial charge in [-0.3, -0.25) is 9.38 Å². The fourth-order valence-electron chi connectivity index (χ4n) is 3.20. The summed E-state index contributed by atoms with van der Waals surface area (Å²) in [6, 6.07) is 0.0394. The Bertz CT molecular complexity index is 812. The van der Waals surface area contributed by atoms with Crippen molar-refractivity contribution in [3.8, 4) is 0 Å².